The Balaban J connectivity index is 1.93. The van der Waals surface area contributed by atoms with Gasteiger partial charge in [0.25, 0.3) is 0 Å². The van der Waals surface area contributed by atoms with E-state index < -0.39 is 11.8 Å². The van der Waals surface area contributed by atoms with Crippen LogP contribution in [-0.2, 0) is 14.4 Å². The SMILES string of the molecule is CC(=O)Nc1ccc(NC(=O)C(=O)N2CCCC2)cc1. The van der Waals surface area contributed by atoms with Crippen LogP contribution in [-0.4, -0.2) is 35.7 Å². The van der Waals surface area contributed by atoms with Gasteiger partial charge in [0, 0.05) is 31.4 Å². The van der Waals surface area contributed by atoms with Gasteiger partial charge in [0.2, 0.25) is 5.91 Å². The summed E-state index contributed by atoms with van der Waals surface area (Å²) in [6, 6.07) is 6.61. The Morgan fingerprint density at radius 3 is 1.95 bits per heavy atom. The average Bonchev–Trinajstić information content (AvgIpc) is 2.93. The van der Waals surface area contributed by atoms with E-state index in [9.17, 15) is 14.4 Å². The molecule has 2 N–H and O–H groups in total. The van der Waals surface area contributed by atoms with Gasteiger partial charge in [0.15, 0.2) is 0 Å². The second-order valence-electron chi connectivity index (χ2n) is 4.71. The zero-order chi connectivity index (χ0) is 14.5. The second-order valence-corrected chi connectivity index (χ2v) is 4.71. The molecule has 20 heavy (non-hydrogen) atoms. The van der Waals surface area contributed by atoms with Gasteiger partial charge in [-0.1, -0.05) is 0 Å². The maximum absolute atomic E-state index is 11.8. The number of carbonyl (C=O) groups is 3. The number of amides is 3. The summed E-state index contributed by atoms with van der Waals surface area (Å²) in [6.07, 6.45) is 1.90. The molecule has 0 radical (unpaired) electrons. The number of hydrogen-bond acceptors (Lipinski definition) is 3. The number of rotatable bonds is 2. The largest absolute Gasteiger partial charge is 0.334 e. The fraction of sp³-hybridized carbons (Fsp3) is 0.357. The molecule has 0 aliphatic carbocycles. The van der Waals surface area contributed by atoms with Crippen LogP contribution in [0.2, 0.25) is 0 Å². The summed E-state index contributed by atoms with van der Waals surface area (Å²) >= 11 is 0. The molecule has 6 heteroatoms. The van der Waals surface area contributed by atoms with Crippen LogP contribution >= 0.6 is 0 Å². The molecule has 1 aliphatic rings. The number of nitrogens with one attached hydrogen (secondary N) is 2. The summed E-state index contributed by atoms with van der Waals surface area (Å²) in [6.45, 7) is 2.71. The molecule has 1 heterocycles. The molecule has 6 nitrogen and oxygen atoms in total. The maximum atomic E-state index is 11.8. The van der Waals surface area contributed by atoms with E-state index in [0.29, 0.717) is 24.5 Å². The molecule has 0 unspecified atom stereocenters. The lowest BCUT2D eigenvalue weighted by Crippen LogP contribution is -2.37. The van der Waals surface area contributed by atoms with Gasteiger partial charge in [0.05, 0.1) is 0 Å². The lowest BCUT2D eigenvalue weighted by atomic mass is 10.2. The van der Waals surface area contributed by atoms with Gasteiger partial charge >= 0.3 is 11.8 Å². The number of carbonyl (C=O) groups excluding carboxylic acids is 3. The molecule has 0 aromatic heterocycles. The van der Waals surface area contributed by atoms with Crippen molar-refractivity contribution in [3.05, 3.63) is 24.3 Å². The molecule has 0 bridgehead atoms. The number of anilines is 2. The molecule has 0 atom stereocenters. The number of likely N-dealkylation sites (tertiary alicyclic amines) is 1. The van der Waals surface area contributed by atoms with Crippen LogP contribution in [0.25, 0.3) is 0 Å². The summed E-state index contributed by atoms with van der Waals surface area (Å²) in [7, 11) is 0. The fourth-order valence-electron chi connectivity index (χ4n) is 2.09. The molecule has 1 saturated heterocycles. The van der Waals surface area contributed by atoms with E-state index in [-0.39, 0.29) is 5.91 Å². The van der Waals surface area contributed by atoms with Crippen LogP contribution in [0.5, 0.6) is 0 Å². The first-order valence-corrected chi connectivity index (χ1v) is 6.54. The van der Waals surface area contributed by atoms with Gasteiger partial charge < -0.3 is 15.5 Å². The van der Waals surface area contributed by atoms with Gasteiger partial charge in [0.1, 0.15) is 0 Å². The molecule has 3 amide bonds. The van der Waals surface area contributed by atoms with Crippen LogP contribution in [0.15, 0.2) is 24.3 Å². The molecule has 106 valence electrons. The molecular formula is C14H17N3O3. The molecule has 1 aliphatic heterocycles. The first-order valence-electron chi connectivity index (χ1n) is 6.54. The second kappa shape index (κ2) is 6.18. The van der Waals surface area contributed by atoms with Crippen LogP contribution in [0.3, 0.4) is 0 Å². The van der Waals surface area contributed by atoms with E-state index in [0.717, 1.165) is 12.8 Å². The van der Waals surface area contributed by atoms with Crippen LogP contribution < -0.4 is 10.6 Å². The predicted octanol–water partition coefficient (Wildman–Crippen LogP) is 1.21. The van der Waals surface area contributed by atoms with Crippen molar-refractivity contribution in [2.45, 2.75) is 19.8 Å². The Labute approximate surface area is 117 Å². The van der Waals surface area contributed by atoms with E-state index in [1.54, 1.807) is 29.2 Å². The van der Waals surface area contributed by atoms with Crippen molar-refractivity contribution in [3.8, 4) is 0 Å². The minimum absolute atomic E-state index is 0.161. The molecule has 2 rings (SSSR count). The smallest absolute Gasteiger partial charge is 0.313 e. The highest BCUT2D eigenvalue weighted by molar-refractivity contribution is 6.39. The van der Waals surface area contributed by atoms with E-state index in [1.807, 2.05) is 0 Å². The molecule has 1 aromatic carbocycles. The Kier molecular flexibility index (Phi) is 4.34. The molecule has 1 fully saturated rings. The third-order valence-corrected chi connectivity index (χ3v) is 3.05. The minimum Gasteiger partial charge on any atom is -0.334 e. The van der Waals surface area contributed by atoms with Crippen molar-refractivity contribution >= 4 is 29.1 Å². The van der Waals surface area contributed by atoms with Gasteiger partial charge in [-0.15, -0.1) is 0 Å². The maximum Gasteiger partial charge on any atom is 0.313 e. The lowest BCUT2D eigenvalue weighted by Gasteiger charge is -2.14. The van der Waals surface area contributed by atoms with E-state index >= 15 is 0 Å². The zero-order valence-corrected chi connectivity index (χ0v) is 11.3. The normalized spacial score (nSPS) is 13.9. The van der Waals surface area contributed by atoms with Crippen LogP contribution in [0, 0.1) is 0 Å². The zero-order valence-electron chi connectivity index (χ0n) is 11.3. The topological polar surface area (TPSA) is 78.5 Å². The number of nitrogens with zero attached hydrogens (tertiary/aromatic N) is 1. The predicted molar refractivity (Wildman–Crippen MR) is 75.2 cm³/mol. The van der Waals surface area contributed by atoms with Gasteiger partial charge in [-0.25, -0.2) is 0 Å². The highest BCUT2D eigenvalue weighted by Crippen LogP contribution is 2.14. The average molecular weight is 275 g/mol. The molecule has 0 spiro atoms. The Bertz CT molecular complexity index is 519. The summed E-state index contributed by atoms with van der Waals surface area (Å²) in [5, 5.41) is 5.18. The van der Waals surface area contributed by atoms with Crippen molar-refractivity contribution < 1.29 is 14.4 Å². The quantitative estimate of drug-likeness (QED) is 0.796. The Morgan fingerprint density at radius 1 is 0.950 bits per heavy atom. The first-order chi connectivity index (χ1) is 9.56. The fourth-order valence-corrected chi connectivity index (χ4v) is 2.09. The third kappa shape index (κ3) is 3.57. The summed E-state index contributed by atoms with van der Waals surface area (Å²) in [5.74, 6) is -1.28. The molecule has 1 aromatic rings. The van der Waals surface area contributed by atoms with Gasteiger partial charge in [-0.2, -0.15) is 0 Å². The van der Waals surface area contributed by atoms with E-state index in [1.165, 1.54) is 6.92 Å². The van der Waals surface area contributed by atoms with Crippen molar-refractivity contribution in [2.24, 2.45) is 0 Å². The third-order valence-electron chi connectivity index (χ3n) is 3.05. The highest BCUT2D eigenvalue weighted by Gasteiger charge is 2.24. The number of hydrogen-bond donors (Lipinski definition) is 2. The highest BCUT2D eigenvalue weighted by atomic mass is 16.2. The van der Waals surface area contributed by atoms with Crippen molar-refractivity contribution in [2.75, 3.05) is 23.7 Å². The van der Waals surface area contributed by atoms with Gasteiger partial charge in [-0.05, 0) is 37.1 Å². The van der Waals surface area contributed by atoms with Crippen molar-refractivity contribution in [1.82, 2.24) is 4.90 Å². The standard InChI is InChI=1S/C14H17N3O3/c1-10(18)15-11-4-6-12(7-5-11)16-13(19)14(20)17-8-2-3-9-17/h4-7H,2-3,8-9H2,1H3,(H,15,18)(H,16,19). The van der Waals surface area contributed by atoms with Crippen LogP contribution in [0.1, 0.15) is 19.8 Å². The monoisotopic (exact) mass is 275 g/mol. The molecular weight excluding hydrogens is 258 g/mol. The van der Waals surface area contributed by atoms with Crippen molar-refractivity contribution in [3.63, 3.8) is 0 Å². The summed E-state index contributed by atoms with van der Waals surface area (Å²) in [4.78, 5) is 36.0. The summed E-state index contributed by atoms with van der Waals surface area (Å²) in [5.41, 5.74) is 1.16. The Morgan fingerprint density at radius 2 is 1.45 bits per heavy atom. The van der Waals surface area contributed by atoms with Crippen LogP contribution in [0.4, 0.5) is 11.4 Å². The van der Waals surface area contributed by atoms with E-state index in [4.69, 9.17) is 0 Å². The summed E-state index contributed by atoms with van der Waals surface area (Å²) < 4.78 is 0. The lowest BCUT2D eigenvalue weighted by molar-refractivity contribution is -0.142. The number of benzene rings is 1. The Hall–Kier alpha value is -2.37. The van der Waals surface area contributed by atoms with E-state index in [2.05, 4.69) is 10.6 Å². The first kappa shape index (κ1) is 14.0. The minimum atomic E-state index is -0.626. The van der Waals surface area contributed by atoms with Crippen molar-refractivity contribution in [1.29, 1.82) is 0 Å². The van der Waals surface area contributed by atoms with Gasteiger partial charge in [-0.3, -0.25) is 14.4 Å². The molecule has 0 saturated carbocycles.